The first-order valence-corrected chi connectivity index (χ1v) is 6.70. The van der Waals surface area contributed by atoms with Crippen LogP contribution in [0.2, 0.25) is 0 Å². The van der Waals surface area contributed by atoms with Gasteiger partial charge in [-0.15, -0.1) is 0 Å². The van der Waals surface area contributed by atoms with Crippen molar-refractivity contribution in [3.05, 3.63) is 0 Å². The number of nitrogens with one attached hydrogen (secondary N) is 1. The van der Waals surface area contributed by atoms with Crippen LogP contribution in [0.3, 0.4) is 0 Å². The van der Waals surface area contributed by atoms with E-state index in [0.29, 0.717) is 6.54 Å². The van der Waals surface area contributed by atoms with Crippen molar-refractivity contribution < 1.29 is 8.42 Å². The minimum atomic E-state index is -3.08. The van der Waals surface area contributed by atoms with Gasteiger partial charge >= 0.3 is 0 Å². The van der Waals surface area contributed by atoms with Crippen molar-refractivity contribution in [3.8, 4) is 0 Å². The molecule has 0 spiro atoms. The quantitative estimate of drug-likeness (QED) is 0.688. The fourth-order valence-corrected chi connectivity index (χ4v) is 2.91. The van der Waals surface area contributed by atoms with E-state index in [-0.39, 0.29) is 11.8 Å². The third-order valence-corrected chi connectivity index (χ3v) is 4.40. The molecule has 5 heteroatoms. The van der Waals surface area contributed by atoms with Crippen LogP contribution in [0.4, 0.5) is 0 Å². The second-order valence-electron chi connectivity index (χ2n) is 3.41. The van der Waals surface area contributed by atoms with Gasteiger partial charge in [-0.1, -0.05) is 13.8 Å². The molecular weight excluding hydrogens is 200 g/mol. The highest BCUT2D eigenvalue weighted by atomic mass is 32.2. The molecule has 0 heterocycles. The Kier molecular flexibility index (Phi) is 6.31. The van der Waals surface area contributed by atoms with Gasteiger partial charge in [0.05, 0.1) is 5.75 Å². The van der Waals surface area contributed by atoms with E-state index in [0.717, 1.165) is 12.8 Å². The smallest absolute Gasteiger partial charge is 0.215 e. The summed E-state index contributed by atoms with van der Waals surface area (Å²) in [6.45, 7) is 4.53. The van der Waals surface area contributed by atoms with Crippen LogP contribution in [0.1, 0.15) is 26.7 Å². The summed E-state index contributed by atoms with van der Waals surface area (Å²) in [6, 6.07) is 0.136. The molecule has 0 saturated heterocycles. The van der Waals surface area contributed by atoms with Crippen LogP contribution in [0.25, 0.3) is 0 Å². The molecule has 14 heavy (non-hydrogen) atoms. The number of rotatable bonds is 7. The molecule has 0 aliphatic rings. The van der Waals surface area contributed by atoms with Gasteiger partial charge in [0.2, 0.25) is 10.0 Å². The third-order valence-electron chi connectivity index (χ3n) is 2.51. The number of hydrogen-bond acceptors (Lipinski definition) is 3. The van der Waals surface area contributed by atoms with Gasteiger partial charge in [-0.05, 0) is 19.9 Å². The molecule has 4 nitrogen and oxygen atoms in total. The Morgan fingerprint density at radius 3 is 2.14 bits per heavy atom. The maximum atomic E-state index is 11.7. The topological polar surface area (TPSA) is 49.4 Å². The zero-order valence-corrected chi connectivity index (χ0v) is 10.4. The van der Waals surface area contributed by atoms with E-state index >= 15 is 0 Å². The standard InChI is InChI=1S/C9H22N2O2S/c1-5-9(6-2)11(4)14(12,13)8-7-10-3/h9-10H,5-8H2,1-4H3. The van der Waals surface area contributed by atoms with Crippen LogP contribution in [0.5, 0.6) is 0 Å². The first-order chi connectivity index (χ1) is 6.49. The van der Waals surface area contributed by atoms with Crippen LogP contribution in [-0.4, -0.2) is 45.2 Å². The summed E-state index contributed by atoms with van der Waals surface area (Å²) in [5.41, 5.74) is 0. The molecule has 0 fully saturated rings. The van der Waals surface area contributed by atoms with E-state index in [1.165, 1.54) is 4.31 Å². The van der Waals surface area contributed by atoms with Gasteiger partial charge < -0.3 is 5.32 Å². The van der Waals surface area contributed by atoms with Gasteiger partial charge in [0.15, 0.2) is 0 Å². The van der Waals surface area contributed by atoms with Gasteiger partial charge in [-0.2, -0.15) is 0 Å². The summed E-state index contributed by atoms with van der Waals surface area (Å²) in [5.74, 6) is 0.177. The van der Waals surface area contributed by atoms with E-state index < -0.39 is 10.0 Å². The molecule has 0 aliphatic carbocycles. The van der Waals surface area contributed by atoms with Gasteiger partial charge in [-0.25, -0.2) is 12.7 Å². The molecule has 0 radical (unpaired) electrons. The maximum Gasteiger partial charge on any atom is 0.215 e. The van der Waals surface area contributed by atoms with Crippen LogP contribution >= 0.6 is 0 Å². The molecule has 0 aromatic rings. The molecule has 0 aromatic heterocycles. The Labute approximate surface area is 87.7 Å². The zero-order valence-electron chi connectivity index (χ0n) is 9.58. The molecule has 0 amide bonds. The highest BCUT2D eigenvalue weighted by molar-refractivity contribution is 7.89. The molecule has 0 unspecified atom stereocenters. The number of nitrogens with zero attached hydrogens (tertiary/aromatic N) is 1. The second kappa shape index (κ2) is 6.37. The fraction of sp³-hybridized carbons (Fsp3) is 1.00. The molecular formula is C9H22N2O2S. The van der Waals surface area contributed by atoms with Crippen LogP contribution in [0, 0.1) is 0 Å². The Hall–Kier alpha value is -0.130. The molecule has 0 bridgehead atoms. The van der Waals surface area contributed by atoms with E-state index in [9.17, 15) is 8.42 Å². The van der Waals surface area contributed by atoms with Crippen molar-refractivity contribution in [1.82, 2.24) is 9.62 Å². The maximum absolute atomic E-state index is 11.7. The lowest BCUT2D eigenvalue weighted by Gasteiger charge is -2.25. The van der Waals surface area contributed by atoms with Gasteiger partial charge in [-0.3, -0.25) is 0 Å². The fourth-order valence-electron chi connectivity index (χ4n) is 1.41. The summed E-state index contributed by atoms with van der Waals surface area (Å²) in [5, 5.41) is 2.85. The number of sulfonamides is 1. The first-order valence-electron chi connectivity index (χ1n) is 5.09. The summed E-state index contributed by atoms with van der Waals surface area (Å²) >= 11 is 0. The van der Waals surface area contributed by atoms with Crippen molar-refractivity contribution in [2.24, 2.45) is 0 Å². The molecule has 86 valence electrons. The predicted octanol–water partition coefficient (Wildman–Crippen LogP) is 0.656. The van der Waals surface area contributed by atoms with Crippen LogP contribution in [0.15, 0.2) is 0 Å². The van der Waals surface area contributed by atoms with Crippen molar-refractivity contribution in [3.63, 3.8) is 0 Å². The monoisotopic (exact) mass is 222 g/mol. The average Bonchev–Trinajstić information content (AvgIpc) is 2.16. The Morgan fingerprint density at radius 1 is 1.29 bits per heavy atom. The number of hydrogen-bond donors (Lipinski definition) is 1. The van der Waals surface area contributed by atoms with E-state index in [4.69, 9.17) is 0 Å². The Bertz CT molecular complexity index is 235. The van der Waals surface area contributed by atoms with Crippen molar-refractivity contribution in [2.45, 2.75) is 32.7 Å². The van der Waals surface area contributed by atoms with Gasteiger partial charge in [0.1, 0.15) is 0 Å². The van der Waals surface area contributed by atoms with E-state index in [1.54, 1.807) is 14.1 Å². The SMILES string of the molecule is CCC(CC)N(C)S(=O)(=O)CCNC. The van der Waals surface area contributed by atoms with Gasteiger partial charge in [0, 0.05) is 19.6 Å². The van der Waals surface area contributed by atoms with Crippen molar-refractivity contribution in [1.29, 1.82) is 0 Å². The molecule has 1 N–H and O–H groups in total. The highest BCUT2D eigenvalue weighted by Crippen LogP contribution is 2.10. The summed E-state index contributed by atoms with van der Waals surface area (Å²) in [4.78, 5) is 0. The lowest BCUT2D eigenvalue weighted by molar-refractivity contribution is 0.349. The molecule has 0 aliphatic heterocycles. The van der Waals surface area contributed by atoms with Gasteiger partial charge in [0.25, 0.3) is 0 Å². The minimum absolute atomic E-state index is 0.136. The van der Waals surface area contributed by atoms with E-state index in [1.807, 2.05) is 13.8 Å². The van der Waals surface area contributed by atoms with Crippen LogP contribution < -0.4 is 5.32 Å². The summed E-state index contributed by atoms with van der Waals surface area (Å²) in [6.07, 6.45) is 1.73. The predicted molar refractivity (Wildman–Crippen MR) is 59.8 cm³/mol. The van der Waals surface area contributed by atoms with Crippen molar-refractivity contribution in [2.75, 3.05) is 26.4 Å². The van der Waals surface area contributed by atoms with Crippen LogP contribution in [-0.2, 0) is 10.0 Å². The zero-order chi connectivity index (χ0) is 11.2. The summed E-state index contributed by atoms with van der Waals surface area (Å²) < 4.78 is 25.0. The molecule has 0 aromatic carbocycles. The normalized spacial score (nSPS) is 12.7. The minimum Gasteiger partial charge on any atom is -0.319 e. The second-order valence-corrected chi connectivity index (χ2v) is 5.55. The molecule has 0 rings (SSSR count). The lowest BCUT2D eigenvalue weighted by atomic mass is 10.2. The lowest BCUT2D eigenvalue weighted by Crippen LogP contribution is -2.39. The Morgan fingerprint density at radius 2 is 1.79 bits per heavy atom. The highest BCUT2D eigenvalue weighted by Gasteiger charge is 2.22. The largest absolute Gasteiger partial charge is 0.319 e. The third kappa shape index (κ3) is 3.94. The molecule has 0 atom stereocenters. The first kappa shape index (κ1) is 13.9. The van der Waals surface area contributed by atoms with Crippen molar-refractivity contribution >= 4 is 10.0 Å². The Balaban J connectivity index is 4.40. The van der Waals surface area contributed by atoms with E-state index in [2.05, 4.69) is 5.32 Å². The molecule has 0 saturated carbocycles. The summed E-state index contributed by atoms with van der Waals surface area (Å²) in [7, 11) is 0.351. The average molecular weight is 222 g/mol.